The predicted octanol–water partition coefficient (Wildman–Crippen LogP) is 2.61. The molecule has 30 heavy (non-hydrogen) atoms. The van der Waals surface area contributed by atoms with Crippen molar-refractivity contribution < 1.29 is 13.9 Å². The van der Waals surface area contributed by atoms with Gasteiger partial charge in [0, 0.05) is 75.7 Å². The van der Waals surface area contributed by atoms with Gasteiger partial charge in [0.05, 0.1) is 6.61 Å². The summed E-state index contributed by atoms with van der Waals surface area (Å²) in [6, 6.07) is 10.7. The van der Waals surface area contributed by atoms with Gasteiger partial charge in [0.25, 0.3) is 5.91 Å². The number of ether oxygens (including phenoxy) is 1. The number of carbonyl (C=O) groups is 1. The van der Waals surface area contributed by atoms with Crippen LogP contribution in [0.5, 0.6) is 0 Å². The Morgan fingerprint density at radius 2 is 2.20 bits per heavy atom. The lowest BCUT2D eigenvalue weighted by Gasteiger charge is -2.34. The number of hydrogen-bond acceptors (Lipinski definition) is 4. The van der Waals surface area contributed by atoms with Crippen molar-refractivity contribution in [2.24, 2.45) is 7.05 Å². The van der Waals surface area contributed by atoms with Crippen LogP contribution in [0.3, 0.4) is 0 Å². The smallest absolute Gasteiger partial charge is 0.252 e. The summed E-state index contributed by atoms with van der Waals surface area (Å²) in [7, 11) is 3.77. The first kappa shape index (κ1) is 20.5. The maximum absolute atomic E-state index is 13.8. The number of amides is 1. The van der Waals surface area contributed by atoms with Gasteiger partial charge >= 0.3 is 0 Å². The Hall–Kier alpha value is -2.77. The van der Waals surface area contributed by atoms with Crippen LogP contribution in [0.1, 0.15) is 11.3 Å². The lowest BCUT2D eigenvalue weighted by molar-refractivity contribution is -0.148. The van der Waals surface area contributed by atoms with E-state index in [-0.39, 0.29) is 11.7 Å². The normalized spacial score (nSPS) is 17.4. The Bertz CT molecular complexity index is 1020. The van der Waals surface area contributed by atoms with Gasteiger partial charge in [-0.25, -0.2) is 4.39 Å². The number of rotatable bonds is 6. The zero-order chi connectivity index (χ0) is 21.1. The third-order valence-corrected chi connectivity index (χ3v) is 5.66. The highest BCUT2D eigenvalue weighted by molar-refractivity contribution is 5.84. The summed E-state index contributed by atoms with van der Waals surface area (Å²) in [5.41, 5.74) is 3.02. The second-order valence-corrected chi connectivity index (χ2v) is 7.85. The average Bonchev–Trinajstić information content (AvgIpc) is 3.06. The molecule has 6 nitrogen and oxygen atoms in total. The third-order valence-electron chi connectivity index (χ3n) is 5.66. The van der Waals surface area contributed by atoms with Crippen molar-refractivity contribution in [3.05, 3.63) is 65.9 Å². The second kappa shape index (κ2) is 8.93. The average molecular weight is 410 g/mol. The van der Waals surface area contributed by atoms with Gasteiger partial charge in [0.1, 0.15) is 11.9 Å². The lowest BCUT2D eigenvalue weighted by atomic mass is 10.1. The van der Waals surface area contributed by atoms with E-state index in [0.717, 1.165) is 28.7 Å². The molecule has 0 aliphatic carbocycles. The summed E-state index contributed by atoms with van der Waals surface area (Å²) >= 11 is 0. The highest BCUT2D eigenvalue weighted by Crippen LogP contribution is 2.24. The molecular formula is C23H27FN4O2. The van der Waals surface area contributed by atoms with Crippen LogP contribution in [0.4, 0.5) is 4.39 Å². The van der Waals surface area contributed by atoms with E-state index in [9.17, 15) is 9.18 Å². The van der Waals surface area contributed by atoms with Crippen LogP contribution in [0.2, 0.25) is 0 Å². The van der Waals surface area contributed by atoms with Crippen molar-refractivity contribution in [2.45, 2.75) is 19.1 Å². The molecule has 1 aliphatic rings. The van der Waals surface area contributed by atoms with E-state index >= 15 is 0 Å². The first-order valence-corrected chi connectivity index (χ1v) is 10.2. The SMILES string of the molecule is CN(CCc1ccccn1)C(=O)C1CN(Cc2cn(C)c3ccc(F)cc23)CCO1. The van der Waals surface area contributed by atoms with Crippen molar-refractivity contribution in [3.8, 4) is 0 Å². The maximum Gasteiger partial charge on any atom is 0.252 e. The minimum Gasteiger partial charge on any atom is -0.366 e. The van der Waals surface area contributed by atoms with Crippen LogP contribution in [0, 0.1) is 5.82 Å². The zero-order valence-corrected chi connectivity index (χ0v) is 17.4. The number of carbonyl (C=O) groups excluding carboxylic acids is 1. The summed E-state index contributed by atoms with van der Waals surface area (Å²) in [4.78, 5) is 21.1. The highest BCUT2D eigenvalue weighted by Gasteiger charge is 2.29. The summed E-state index contributed by atoms with van der Waals surface area (Å²) in [6.07, 6.45) is 4.02. The number of morpholine rings is 1. The van der Waals surface area contributed by atoms with Crippen LogP contribution < -0.4 is 0 Å². The monoisotopic (exact) mass is 410 g/mol. The minimum atomic E-state index is -0.487. The fourth-order valence-electron chi connectivity index (χ4n) is 3.99. The first-order valence-electron chi connectivity index (χ1n) is 10.2. The molecule has 1 aromatic carbocycles. The zero-order valence-electron chi connectivity index (χ0n) is 17.4. The highest BCUT2D eigenvalue weighted by atomic mass is 19.1. The Balaban J connectivity index is 1.38. The molecule has 0 radical (unpaired) electrons. The minimum absolute atomic E-state index is 0.0143. The van der Waals surface area contributed by atoms with Crippen molar-refractivity contribution in [1.29, 1.82) is 0 Å². The Labute approximate surface area is 175 Å². The van der Waals surface area contributed by atoms with E-state index in [4.69, 9.17) is 4.74 Å². The van der Waals surface area contributed by atoms with Gasteiger partial charge in [0.2, 0.25) is 0 Å². The van der Waals surface area contributed by atoms with E-state index < -0.39 is 6.10 Å². The molecule has 0 spiro atoms. The third kappa shape index (κ3) is 4.52. The Kier molecular flexibility index (Phi) is 6.11. The number of fused-ring (bicyclic) bond motifs is 1. The second-order valence-electron chi connectivity index (χ2n) is 7.85. The summed E-state index contributed by atoms with van der Waals surface area (Å²) in [5, 5.41) is 0.916. The number of likely N-dealkylation sites (N-methyl/N-ethyl adjacent to an activating group) is 1. The lowest BCUT2D eigenvalue weighted by Crippen LogP contribution is -2.50. The van der Waals surface area contributed by atoms with Gasteiger partial charge in [0.15, 0.2) is 0 Å². The molecule has 3 heterocycles. The van der Waals surface area contributed by atoms with Crippen molar-refractivity contribution in [2.75, 3.05) is 33.3 Å². The van der Waals surface area contributed by atoms with E-state index in [1.807, 2.05) is 36.0 Å². The van der Waals surface area contributed by atoms with E-state index in [1.165, 1.54) is 6.07 Å². The molecule has 0 saturated carbocycles. The quantitative estimate of drug-likeness (QED) is 0.627. The molecule has 1 amide bonds. The molecule has 1 unspecified atom stereocenters. The van der Waals surface area contributed by atoms with Gasteiger partial charge in [-0.1, -0.05) is 6.07 Å². The molecule has 158 valence electrons. The van der Waals surface area contributed by atoms with Crippen molar-refractivity contribution >= 4 is 16.8 Å². The Morgan fingerprint density at radius 1 is 1.33 bits per heavy atom. The van der Waals surface area contributed by atoms with E-state index in [1.54, 1.807) is 30.3 Å². The van der Waals surface area contributed by atoms with Crippen LogP contribution in [0.15, 0.2) is 48.8 Å². The summed E-state index contributed by atoms with van der Waals surface area (Å²) in [5.74, 6) is -0.251. The fraction of sp³-hybridized carbons (Fsp3) is 0.391. The topological polar surface area (TPSA) is 50.6 Å². The number of aromatic nitrogens is 2. The molecule has 7 heteroatoms. The summed E-state index contributed by atoms with van der Waals surface area (Å²) in [6.45, 7) is 3.03. The number of hydrogen-bond donors (Lipinski definition) is 0. The molecule has 3 aromatic rings. The van der Waals surface area contributed by atoms with Crippen LogP contribution in [-0.2, 0) is 29.5 Å². The number of benzene rings is 1. The van der Waals surface area contributed by atoms with E-state index in [2.05, 4.69) is 9.88 Å². The fourth-order valence-corrected chi connectivity index (χ4v) is 3.99. The maximum atomic E-state index is 13.8. The molecular weight excluding hydrogens is 383 g/mol. The van der Waals surface area contributed by atoms with Gasteiger partial charge in [-0.15, -0.1) is 0 Å². The molecule has 1 aliphatic heterocycles. The number of pyridine rings is 1. The van der Waals surface area contributed by atoms with Gasteiger partial charge in [-0.2, -0.15) is 0 Å². The molecule has 1 atom stereocenters. The number of aryl methyl sites for hydroxylation is 1. The van der Waals surface area contributed by atoms with Crippen LogP contribution in [-0.4, -0.2) is 64.7 Å². The van der Waals surface area contributed by atoms with Crippen LogP contribution in [0.25, 0.3) is 10.9 Å². The summed E-state index contributed by atoms with van der Waals surface area (Å²) < 4.78 is 21.6. The number of nitrogens with zero attached hydrogens (tertiary/aromatic N) is 4. The predicted molar refractivity (Wildman–Crippen MR) is 113 cm³/mol. The number of halogens is 1. The Morgan fingerprint density at radius 3 is 3.00 bits per heavy atom. The molecule has 0 bridgehead atoms. The van der Waals surface area contributed by atoms with Crippen LogP contribution >= 0.6 is 0 Å². The van der Waals surface area contributed by atoms with Crippen molar-refractivity contribution in [1.82, 2.24) is 19.4 Å². The molecule has 4 rings (SSSR count). The molecule has 1 saturated heterocycles. The first-order chi connectivity index (χ1) is 14.5. The van der Waals surface area contributed by atoms with E-state index in [0.29, 0.717) is 32.7 Å². The standard InChI is InChI=1S/C23H27FN4O2/c1-26(10-8-19-5-3-4-9-25-19)23(29)22-16-28(11-12-30-22)15-17-14-27(2)21-7-6-18(24)13-20(17)21/h3-7,9,13-14,22H,8,10-12,15-16H2,1-2H3. The molecule has 1 fully saturated rings. The van der Waals surface area contributed by atoms with Gasteiger partial charge in [-0.05, 0) is 35.9 Å². The largest absolute Gasteiger partial charge is 0.366 e. The molecule has 2 aromatic heterocycles. The van der Waals surface area contributed by atoms with Gasteiger partial charge in [-0.3, -0.25) is 14.7 Å². The van der Waals surface area contributed by atoms with Gasteiger partial charge < -0.3 is 14.2 Å². The molecule has 0 N–H and O–H groups in total. The van der Waals surface area contributed by atoms with Crippen molar-refractivity contribution in [3.63, 3.8) is 0 Å².